The zero-order chi connectivity index (χ0) is 36.5. The number of fused-ring (bicyclic) bond motifs is 1. The number of methoxy groups -OCH3 is 1. The number of aliphatic hydroxyl groups is 1. The van der Waals surface area contributed by atoms with E-state index in [0.29, 0.717) is 54.8 Å². The van der Waals surface area contributed by atoms with E-state index in [0.717, 1.165) is 0 Å². The van der Waals surface area contributed by atoms with Gasteiger partial charge in [0.15, 0.2) is 0 Å². The van der Waals surface area contributed by atoms with Crippen LogP contribution in [0.5, 0.6) is 0 Å². The van der Waals surface area contributed by atoms with Crippen LogP contribution in [0.3, 0.4) is 0 Å². The lowest BCUT2D eigenvalue weighted by Gasteiger charge is -2.37. The van der Waals surface area contributed by atoms with Crippen LogP contribution >= 0.6 is 11.6 Å². The van der Waals surface area contributed by atoms with Crippen molar-refractivity contribution in [3.63, 3.8) is 0 Å². The van der Waals surface area contributed by atoms with Crippen LogP contribution in [-0.2, 0) is 33.4 Å². The minimum absolute atomic E-state index is 0.0204. The summed E-state index contributed by atoms with van der Waals surface area (Å²) in [5.41, 5.74) is -0.0151. The van der Waals surface area contributed by atoms with Gasteiger partial charge in [-0.2, -0.15) is 0 Å². The summed E-state index contributed by atoms with van der Waals surface area (Å²) in [6, 6.07) is 14.2. The number of unbranched alkanes of at least 4 members (excludes halogenated alkanes) is 2. The van der Waals surface area contributed by atoms with Crippen molar-refractivity contribution >= 4 is 41.0 Å². The third kappa shape index (κ3) is 8.07. The smallest absolute Gasteiger partial charge is 0.313 e. The SMILES string of the molecule is C=CCCC(=O)N[C@@H](COC)[C@@H](OC(=O)[C@@H]1[C@H]2C(=O)N(CCCCCO)[C@H](C(=O)N(CC=C)c3ccc(Cl)cc3)[C@]23CC[C@H]1O3)c1ccccc1. The summed E-state index contributed by atoms with van der Waals surface area (Å²) in [6.45, 7) is 8.06. The quantitative estimate of drug-likeness (QED) is 0.120. The number of amides is 3. The van der Waals surface area contributed by atoms with Gasteiger partial charge in [-0.05, 0) is 68.4 Å². The first-order chi connectivity index (χ1) is 24.7. The van der Waals surface area contributed by atoms with E-state index in [1.54, 1.807) is 46.2 Å². The number of nitrogens with one attached hydrogen (secondary N) is 1. The Morgan fingerprint density at radius 2 is 1.86 bits per heavy atom. The number of carbonyl (C=O) groups excluding carboxylic acids is 4. The molecule has 2 bridgehead atoms. The molecule has 0 saturated carbocycles. The molecule has 2 aromatic rings. The first-order valence-corrected chi connectivity index (χ1v) is 18.0. The molecule has 0 aromatic heterocycles. The van der Waals surface area contributed by atoms with Gasteiger partial charge in [-0.3, -0.25) is 19.2 Å². The molecule has 51 heavy (non-hydrogen) atoms. The van der Waals surface area contributed by atoms with Crippen molar-refractivity contribution < 1.29 is 38.5 Å². The molecule has 0 aliphatic carbocycles. The summed E-state index contributed by atoms with van der Waals surface area (Å²) in [5.74, 6) is -3.48. The molecular formula is C39H48ClN3O8. The van der Waals surface area contributed by atoms with Crippen LogP contribution in [0.25, 0.3) is 0 Å². The topological polar surface area (TPSA) is 135 Å². The predicted molar refractivity (Wildman–Crippen MR) is 193 cm³/mol. The number of esters is 1. The number of allylic oxidation sites excluding steroid dienone is 1. The molecule has 2 N–H and O–H groups in total. The van der Waals surface area contributed by atoms with E-state index in [4.69, 9.17) is 25.8 Å². The maximum Gasteiger partial charge on any atom is 0.313 e. The number of hydrogen-bond donors (Lipinski definition) is 2. The fourth-order valence-electron chi connectivity index (χ4n) is 7.86. The Kier molecular flexibility index (Phi) is 13.1. The van der Waals surface area contributed by atoms with Gasteiger partial charge in [-0.25, -0.2) is 0 Å². The number of carbonyl (C=O) groups is 4. The standard InChI is InChI=1S/C39H48ClN3O8/c1-4-6-15-31(45)41-29(25-49-3)34(26-13-9-7-10-14-26)50-38(48)32-30-20-21-39(51-30)33(32)36(46)43(23-11-8-12-24-44)35(39)37(47)42(22-5-2)28-18-16-27(40)17-19-28/h4-5,7,9-10,13-14,16-19,29-30,32-35,44H,1-2,6,8,11-12,15,20-25H2,3H3,(H,41,45)/t29-,30+,32-,33-,34-,35+,39-/m0/s1. The molecule has 2 aromatic carbocycles. The van der Waals surface area contributed by atoms with Gasteiger partial charge >= 0.3 is 5.97 Å². The van der Waals surface area contributed by atoms with E-state index < -0.39 is 47.7 Å². The third-order valence-electron chi connectivity index (χ3n) is 10.1. The number of benzene rings is 2. The number of rotatable bonds is 19. The first-order valence-electron chi connectivity index (χ1n) is 17.6. The molecule has 3 heterocycles. The Morgan fingerprint density at radius 3 is 2.53 bits per heavy atom. The second-order valence-corrected chi connectivity index (χ2v) is 13.7. The third-order valence-corrected chi connectivity index (χ3v) is 10.3. The lowest BCUT2D eigenvalue weighted by atomic mass is 9.70. The summed E-state index contributed by atoms with van der Waals surface area (Å²) >= 11 is 6.16. The van der Waals surface area contributed by atoms with E-state index >= 15 is 0 Å². The van der Waals surface area contributed by atoms with Gasteiger partial charge < -0.3 is 34.4 Å². The fraction of sp³-hybridized carbons (Fsp3) is 0.487. The fourth-order valence-corrected chi connectivity index (χ4v) is 7.98. The van der Waals surface area contributed by atoms with Crippen molar-refractivity contribution in [2.45, 2.75) is 74.8 Å². The molecule has 3 fully saturated rings. The highest BCUT2D eigenvalue weighted by molar-refractivity contribution is 6.30. The molecule has 274 valence electrons. The minimum Gasteiger partial charge on any atom is -0.455 e. The van der Waals surface area contributed by atoms with Crippen LogP contribution in [0.15, 0.2) is 79.9 Å². The Balaban J connectivity index is 1.48. The average Bonchev–Trinajstić information content (AvgIpc) is 3.78. The number of halogens is 1. The second kappa shape index (κ2) is 17.5. The maximum atomic E-state index is 14.7. The van der Waals surface area contributed by atoms with Crippen LogP contribution < -0.4 is 10.2 Å². The lowest BCUT2D eigenvalue weighted by molar-refractivity contribution is -0.163. The van der Waals surface area contributed by atoms with Gasteiger partial charge in [0, 0.05) is 43.9 Å². The molecule has 3 amide bonds. The van der Waals surface area contributed by atoms with Crippen LogP contribution in [-0.4, -0.2) is 90.9 Å². The normalized spacial score (nSPS) is 24.5. The van der Waals surface area contributed by atoms with Crippen molar-refractivity contribution in [1.82, 2.24) is 10.2 Å². The van der Waals surface area contributed by atoms with Crippen molar-refractivity contribution in [3.8, 4) is 0 Å². The number of ether oxygens (including phenoxy) is 3. The van der Waals surface area contributed by atoms with E-state index in [1.165, 1.54) is 7.11 Å². The van der Waals surface area contributed by atoms with Gasteiger partial charge in [0.2, 0.25) is 11.8 Å². The average molecular weight is 722 g/mol. The number of anilines is 1. The highest BCUT2D eigenvalue weighted by Gasteiger charge is 2.75. The largest absolute Gasteiger partial charge is 0.455 e. The highest BCUT2D eigenvalue weighted by atomic mass is 35.5. The number of nitrogens with zero attached hydrogens (tertiary/aromatic N) is 2. The molecule has 0 unspecified atom stereocenters. The van der Waals surface area contributed by atoms with E-state index in [9.17, 15) is 24.3 Å². The van der Waals surface area contributed by atoms with Crippen molar-refractivity contribution in [1.29, 1.82) is 0 Å². The molecule has 3 aliphatic heterocycles. The number of aliphatic hydroxyl groups excluding tert-OH is 1. The molecule has 11 nitrogen and oxygen atoms in total. The number of hydrogen-bond acceptors (Lipinski definition) is 8. The van der Waals surface area contributed by atoms with E-state index in [-0.39, 0.29) is 50.4 Å². The summed E-state index contributed by atoms with van der Waals surface area (Å²) in [7, 11) is 1.50. The molecule has 12 heteroatoms. The molecule has 5 rings (SSSR count). The highest BCUT2D eigenvalue weighted by Crippen LogP contribution is 2.59. The first kappa shape index (κ1) is 38.2. The monoisotopic (exact) mass is 721 g/mol. The van der Waals surface area contributed by atoms with Crippen LogP contribution in [0.4, 0.5) is 5.69 Å². The molecule has 0 radical (unpaired) electrons. The van der Waals surface area contributed by atoms with E-state index in [1.807, 2.05) is 30.3 Å². The van der Waals surface area contributed by atoms with Gasteiger partial charge in [-0.15, -0.1) is 13.2 Å². The van der Waals surface area contributed by atoms with Crippen LogP contribution in [0.1, 0.15) is 56.6 Å². The van der Waals surface area contributed by atoms with Crippen molar-refractivity contribution in [2.75, 3.05) is 38.3 Å². The Hall–Kier alpha value is -4.03. The Labute approximate surface area is 304 Å². The van der Waals surface area contributed by atoms with Crippen molar-refractivity contribution in [2.24, 2.45) is 11.8 Å². The molecule has 7 atom stereocenters. The molecule has 3 aliphatic rings. The molecule has 1 spiro atoms. The summed E-state index contributed by atoms with van der Waals surface area (Å²) in [4.78, 5) is 59.7. The summed E-state index contributed by atoms with van der Waals surface area (Å²) < 4.78 is 18.4. The van der Waals surface area contributed by atoms with Crippen molar-refractivity contribution in [3.05, 3.63) is 90.5 Å². The number of likely N-dealkylation sites (tertiary alicyclic amines) is 1. The zero-order valence-corrected chi connectivity index (χ0v) is 29.8. The Bertz CT molecular complexity index is 1560. The van der Waals surface area contributed by atoms with Gasteiger partial charge in [0.1, 0.15) is 17.7 Å². The van der Waals surface area contributed by atoms with Crippen LogP contribution in [0, 0.1) is 11.8 Å². The minimum atomic E-state index is -1.25. The molecule has 3 saturated heterocycles. The lowest BCUT2D eigenvalue weighted by Crippen LogP contribution is -2.56. The summed E-state index contributed by atoms with van der Waals surface area (Å²) in [5, 5.41) is 12.9. The summed E-state index contributed by atoms with van der Waals surface area (Å²) in [6.07, 6.45) is 5.03. The maximum absolute atomic E-state index is 14.7. The second-order valence-electron chi connectivity index (χ2n) is 13.3. The molecular weight excluding hydrogens is 674 g/mol. The van der Waals surface area contributed by atoms with Gasteiger partial charge in [-0.1, -0.05) is 54.1 Å². The predicted octanol–water partition coefficient (Wildman–Crippen LogP) is 4.78. The zero-order valence-electron chi connectivity index (χ0n) is 29.1. The Morgan fingerprint density at radius 1 is 1.12 bits per heavy atom. The van der Waals surface area contributed by atoms with Gasteiger partial charge in [0.25, 0.3) is 5.91 Å². The van der Waals surface area contributed by atoms with Gasteiger partial charge in [0.05, 0.1) is 30.6 Å². The van der Waals surface area contributed by atoms with E-state index in [2.05, 4.69) is 18.5 Å². The van der Waals surface area contributed by atoms with Crippen LogP contribution in [0.2, 0.25) is 5.02 Å².